The highest BCUT2D eigenvalue weighted by molar-refractivity contribution is 5.53. The number of benzene rings is 1. The SMILES string of the molecule is Cc1cc(NCCC2CCCO2)cc([N+](=O)[O-])c1. The molecule has 1 aromatic carbocycles. The fraction of sp³-hybridized carbons (Fsp3) is 0.538. The van der Waals surface area contributed by atoms with Gasteiger partial charge >= 0.3 is 0 Å². The van der Waals surface area contributed by atoms with Crippen LogP contribution in [-0.4, -0.2) is 24.2 Å². The molecule has 0 aliphatic carbocycles. The van der Waals surface area contributed by atoms with Gasteiger partial charge in [-0.25, -0.2) is 0 Å². The molecule has 1 unspecified atom stereocenters. The average Bonchev–Trinajstić information content (AvgIpc) is 2.81. The zero-order valence-corrected chi connectivity index (χ0v) is 10.5. The quantitative estimate of drug-likeness (QED) is 0.644. The summed E-state index contributed by atoms with van der Waals surface area (Å²) in [4.78, 5) is 10.4. The lowest BCUT2D eigenvalue weighted by Crippen LogP contribution is -2.12. The smallest absolute Gasteiger partial charge is 0.271 e. The largest absolute Gasteiger partial charge is 0.385 e. The van der Waals surface area contributed by atoms with E-state index in [1.54, 1.807) is 12.1 Å². The van der Waals surface area contributed by atoms with Crippen LogP contribution >= 0.6 is 0 Å². The Hall–Kier alpha value is -1.62. The summed E-state index contributed by atoms with van der Waals surface area (Å²) in [5.74, 6) is 0. The lowest BCUT2D eigenvalue weighted by Gasteiger charge is -2.11. The first-order valence-electron chi connectivity index (χ1n) is 6.27. The van der Waals surface area contributed by atoms with Gasteiger partial charge in [-0.1, -0.05) is 0 Å². The number of aryl methyl sites for hydroxylation is 1. The number of rotatable bonds is 5. The Bertz CT molecular complexity index is 428. The number of nitro benzene ring substituents is 1. The Morgan fingerprint density at radius 3 is 3.00 bits per heavy atom. The summed E-state index contributed by atoms with van der Waals surface area (Å²) in [6.07, 6.45) is 3.55. The molecule has 1 atom stereocenters. The van der Waals surface area contributed by atoms with Gasteiger partial charge in [0, 0.05) is 31.0 Å². The van der Waals surface area contributed by atoms with Crippen LogP contribution in [0.4, 0.5) is 11.4 Å². The third-order valence-electron chi connectivity index (χ3n) is 3.09. The van der Waals surface area contributed by atoms with Crippen molar-refractivity contribution >= 4 is 11.4 Å². The lowest BCUT2D eigenvalue weighted by atomic mass is 10.1. The Morgan fingerprint density at radius 2 is 2.33 bits per heavy atom. The van der Waals surface area contributed by atoms with E-state index in [0.29, 0.717) is 6.10 Å². The first-order chi connectivity index (χ1) is 8.65. The fourth-order valence-corrected chi connectivity index (χ4v) is 2.22. The molecule has 0 amide bonds. The van der Waals surface area contributed by atoms with Gasteiger partial charge in [-0.2, -0.15) is 0 Å². The van der Waals surface area contributed by atoms with Gasteiger partial charge in [0.2, 0.25) is 0 Å². The Labute approximate surface area is 106 Å². The van der Waals surface area contributed by atoms with Crippen molar-refractivity contribution in [3.63, 3.8) is 0 Å². The van der Waals surface area contributed by atoms with Crippen LogP contribution in [0.2, 0.25) is 0 Å². The van der Waals surface area contributed by atoms with Gasteiger partial charge in [0.25, 0.3) is 5.69 Å². The minimum Gasteiger partial charge on any atom is -0.385 e. The Morgan fingerprint density at radius 1 is 1.50 bits per heavy atom. The van der Waals surface area contributed by atoms with Crippen molar-refractivity contribution in [3.8, 4) is 0 Å². The first-order valence-corrected chi connectivity index (χ1v) is 6.27. The van der Waals surface area contributed by atoms with E-state index >= 15 is 0 Å². The normalized spacial score (nSPS) is 18.8. The van der Waals surface area contributed by atoms with Crippen LogP contribution in [0.5, 0.6) is 0 Å². The molecule has 2 rings (SSSR count). The molecule has 1 aromatic rings. The molecular formula is C13H18N2O3. The number of ether oxygens (including phenoxy) is 1. The summed E-state index contributed by atoms with van der Waals surface area (Å²) in [5, 5.41) is 14.0. The van der Waals surface area contributed by atoms with Gasteiger partial charge in [-0.15, -0.1) is 0 Å². The van der Waals surface area contributed by atoms with E-state index in [1.165, 1.54) is 0 Å². The van der Waals surface area contributed by atoms with E-state index in [9.17, 15) is 10.1 Å². The molecule has 0 radical (unpaired) electrons. The Kier molecular flexibility index (Phi) is 4.15. The second-order valence-corrected chi connectivity index (χ2v) is 4.66. The molecule has 5 heteroatoms. The second kappa shape index (κ2) is 5.82. The Balaban J connectivity index is 1.89. The third-order valence-corrected chi connectivity index (χ3v) is 3.09. The minimum absolute atomic E-state index is 0.134. The van der Waals surface area contributed by atoms with Gasteiger partial charge in [-0.05, 0) is 37.8 Å². The van der Waals surface area contributed by atoms with E-state index in [0.717, 1.165) is 43.7 Å². The fourth-order valence-electron chi connectivity index (χ4n) is 2.22. The summed E-state index contributed by atoms with van der Waals surface area (Å²) in [6.45, 7) is 3.50. The van der Waals surface area contributed by atoms with Gasteiger partial charge in [0.1, 0.15) is 0 Å². The predicted octanol–water partition coefficient (Wildman–Crippen LogP) is 2.88. The minimum atomic E-state index is -0.363. The maximum Gasteiger partial charge on any atom is 0.271 e. The van der Waals surface area contributed by atoms with Crippen LogP contribution in [0.1, 0.15) is 24.8 Å². The van der Waals surface area contributed by atoms with Crippen LogP contribution in [0.25, 0.3) is 0 Å². The summed E-state index contributed by atoms with van der Waals surface area (Å²) < 4.78 is 5.53. The molecule has 18 heavy (non-hydrogen) atoms. The average molecular weight is 250 g/mol. The molecule has 1 aliphatic heterocycles. The lowest BCUT2D eigenvalue weighted by molar-refractivity contribution is -0.384. The molecule has 0 bridgehead atoms. The van der Waals surface area contributed by atoms with E-state index in [-0.39, 0.29) is 10.6 Å². The summed E-state index contributed by atoms with van der Waals surface area (Å²) in [5.41, 5.74) is 1.83. The number of nitrogens with one attached hydrogen (secondary N) is 1. The zero-order chi connectivity index (χ0) is 13.0. The molecule has 1 heterocycles. The van der Waals surface area contributed by atoms with Crippen molar-refractivity contribution in [2.75, 3.05) is 18.5 Å². The first kappa shape index (κ1) is 12.8. The van der Waals surface area contributed by atoms with Crippen LogP contribution in [0.15, 0.2) is 18.2 Å². The summed E-state index contributed by atoms with van der Waals surface area (Å²) >= 11 is 0. The third kappa shape index (κ3) is 3.43. The molecule has 1 saturated heterocycles. The van der Waals surface area contributed by atoms with E-state index in [2.05, 4.69) is 5.32 Å². The van der Waals surface area contributed by atoms with Crippen LogP contribution in [-0.2, 0) is 4.74 Å². The molecule has 0 saturated carbocycles. The maximum atomic E-state index is 10.7. The van der Waals surface area contributed by atoms with Gasteiger partial charge in [0.05, 0.1) is 11.0 Å². The van der Waals surface area contributed by atoms with Gasteiger partial charge in [0.15, 0.2) is 0 Å². The van der Waals surface area contributed by atoms with E-state index in [1.807, 2.05) is 13.0 Å². The van der Waals surface area contributed by atoms with Crippen molar-refractivity contribution in [1.82, 2.24) is 0 Å². The molecule has 5 nitrogen and oxygen atoms in total. The predicted molar refractivity (Wildman–Crippen MR) is 69.9 cm³/mol. The van der Waals surface area contributed by atoms with Crippen molar-refractivity contribution in [3.05, 3.63) is 33.9 Å². The van der Waals surface area contributed by atoms with Crippen LogP contribution in [0.3, 0.4) is 0 Å². The number of nitrogens with zero attached hydrogens (tertiary/aromatic N) is 1. The highest BCUT2D eigenvalue weighted by Gasteiger charge is 2.15. The van der Waals surface area contributed by atoms with E-state index in [4.69, 9.17) is 4.74 Å². The van der Waals surface area contributed by atoms with Crippen molar-refractivity contribution in [2.24, 2.45) is 0 Å². The number of hydrogen-bond acceptors (Lipinski definition) is 4. The summed E-state index contributed by atoms with van der Waals surface area (Å²) in [6, 6.07) is 5.07. The van der Waals surface area contributed by atoms with E-state index < -0.39 is 0 Å². The molecular weight excluding hydrogens is 232 g/mol. The molecule has 0 aromatic heterocycles. The molecule has 1 aliphatic rings. The monoisotopic (exact) mass is 250 g/mol. The molecule has 1 fully saturated rings. The number of non-ortho nitro benzene ring substituents is 1. The summed E-state index contributed by atoms with van der Waals surface area (Å²) in [7, 11) is 0. The zero-order valence-electron chi connectivity index (χ0n) is 10.5. The van der Waals surface area contributed by atoms with Gasteiger partial charge in [-0.3, -0.25) is 10.1 Å². The van der Waals surface area contributed by atoms with Gasteiger partial charge < -0.3 is 10.1 Å². The van der Waals surface area contributed by atoms with Crippen LogP contribution in [0, 0.1) is 17.0 Å². The highest BCUT2D eigenvalue weighted by Crippen LogP contribution is 2.21. The number of nitro groups is 1. The standard InChI is InChI=1S/C13H18N2O3/c1-10-7-11(9-12(8-10)15(16)17)14-5-4-13-3-2-6-18-13/h7-9,13-14H,2-6H2,1H3. The highest BCUT2D eigenvalue weighted by atomic mass is 16.6. The number of anilines is 1. The van der Waals surface area contributed by atoms with Crippen molar-refractivity contribution in [2.45, 2.75) is 32.3 Å². The molecule has 1 N–H and O–H groups in total. The molecule has 98 valence electrons. The number of hydrogen-bond donors (Lipinski definition) is 1. The second-order valence-electron chi connectivity index (χ2n) is 4.66. The topological polar surface area (TPSA) is 64.4 Å². The van der Waals surface area contributed by atoms with Crippen LogP contribution < -0.4 is 5.32 Å². The van der Waals surface area contributed by atoms with Crippen molar-refractivity contribution in [1.29, 1.82) is 0 Å². The maximum absolute atomic E-state index is 10.7. The molecule has 0 spiro atoms. The van der Waals surface area contributed by atoms with Crippen molar-refractivity contribution < 1.29 is 9.66 Å².